The third kappa shape index (κ3) is 4.75. The Balaban J connectivity index is 1.98. The Hall–Kier alpha value is -2.52. The van der Waals surface area contributed by atoms with Gasteiger partial charge in [-0.1, -0.05) is 57.9 Å². The molecule has 1 aliphatic heterocycles. The first-order chi connectivity index (χ1) is 15.7. The summed E-state index contributed by atoms with van der Waals surface area (Å²) in [6.45, 7) is 0. The fourth-order valence-corrected chi connectivity index (χ4v) is 6.33. The van der Waals surface area contributed by atoms with Gasteiger partial charge in [-0.2, -0.15) is 4.31 Å². The van der Waals surface area contributed by atoms with Gasteiger partial charge in [0, 0.05) is 9.50 Å². The zero-order valence-electron chi connectivity index (χ0n) is 17.0. The normalized spacial score (nSPS) is 19.2. The molecule has 0 aromatic heterocycles. The standard InChI is InChI=1S/C24H18BrClFNO4S/c25-17-5-1-3-15(13-17)22-12-11-21(24(29)30)23(16-4-2-6-19(27)14-16)28(22)33(31,32)20-9-7-18(26)8-10-20/h1-11,13-14,22-23H,12H2,(H,29,30)/t22-,23-/m0/s1. The Morgan fingerprint density at radius 1 is 1.03 bits per heavy atom. The molecule has 0 saturated carbocycles. The van der Waals surface area contributed by atoms with Crippen LogP contribution in [0.4, 0.5) is 4.39 Å². The van der Waals surface area contributed by atoms with E-state index in [0.717, 1.165) is 14.8 Å². The monoisotopic (exact) mass is 549 g/mol. The average Bonchev–Trinajstić information content (AvgIpc) is 2.78. The summed E-state index contributed by atoms with van der Waals surface area (Å²) in [6, 6.07) is 16.2. The Morgan fingerprint density at radius 2 is 1.70 bits per heavy atom. The number of aliphatic carboxylic acids is 1. The fourth-order valence-electron chi connectivity index (χ4n) is 4.01. The molecule has 4 rings (SSSR count). The van der Waals surface area contributed by atoms with E-state index in [1.807, 2.05) is 6.07 Å². The van der Waals surface area contributed by atoms with Gasteiger partial charge in [-0.15, -0.1) is 0 Å². The molecule has 9 heteroatoms. The molecule has 1 N–H and O–H groups in total. The van der Waals surface area contributed by atoms with Crippen LogP contribution < -0.4 is 0 Å². The maximum absolute atomic E-state index is 14.2. The Labute approximate surface area is 204 Å². The minimum Gasteiger partial charge on any atom is -0.478 e. The highest BCUT2D eigenvalue weighted by Crippen LogP contribution is 2.46. The summed E-state index contributed by atoms with van der Waals surface area (Å²) in [6.07, 6.45) is 1.65. The summed E-state index contributed by atoms with van der Waals surface area (Å²) in [5, 5.41) is 10.3. The summed E-state index contributed by atoms with van der Waals surface area (Å²) in [7, 11) is -4.23. The maximum Gasteiger partial charge on any atom is 0.333 e. The second-order valence-corrected chi connectivity index (χ2v) is 10.7. The predicted octanol–water partition coefficient (Wildman–Crippen LogP) is 6.13. The molecular formula is C24H18BrClFNO4S. The minimum atomic E-state index is -4.23. The number of carboxylic acids is 1. The van der Waals surface area contributed by atoms with Crippen LogP contribution in [0.2, 0.25) is 5.02 Å². The summed E-state index contributed by atoms with van der Waals surface area (Å²) in [4.78, 5) is 12.1. The van der Waals surface area contributed by atoms with E-state index in [9.17, 15) is 22.7 Å². The number of hydrogen-bond donors (Lipinski definition) is 1. The van der Waals surface area contributed by atoms with E-state index >= 15 is 0 Å². The average molecular weight is 551 g/mol. The number of rotatable bonds is 5. The van der Waals surface area contributed by atoms with E-state index < -0.39 is 33.9 Å². The number of benzene rings is 3. The van der Waals surface area contributed by atoms with Crippen molar-refractivity contribution in [1.82, 2.24) is 4.31 Å². The third-order valence-electron chi connectivity index (χ3n) is 5.45. The van der Waals surface area contributed by atoms with Crippen LogP contribution in [-0.4, -0.2) is 23.8 Å². The zero-order chi connectivity index (χ0) is 23.8. The van der Waals surface area contributed by atoms with Gasteiger partial charge in [0.05, 0.1) is 22.6 Å². The van der Waals surface area contributed by atoms with Crippen LogP contribution in [0.1, 0.15) is 29.6 Å². The van der Waals surface area contributed by atoms with Crippen molar-refractivity contribution in [3.63, 3.8) is 0 Å². The van der Waals surface area contributed by atoms with E-state index in [2.05, 4.69) is 15.9 Å². The molecule has 0 saturated heterocycles. The van der Waals surface area contributed by atoms with Crippen molar-refractivity contribution >= 4 is 43.5 Å². The quantitative estimate of drug-likeness (QED) is 0.415. The van der Waals surface area contributed by atoms with Gasteiger partial charge in [0.25, 0.3) is 0 Å². The molecule has 0 fully saturated rings. The zero-order valence-corrected chi connectivity index (χ0v) is 20.2. The molecular weight excluding hydrogens is 533 g/mol. The molecule has 3 aromatic carbocycles. The smallest absolute Gasteiger partial charge is 0.333 e. The highest BCUT2D eigenvalue weighted by Gasteiger charge is 2.44. The lowest BCUT2D eigenvalue weighted by Crippen LogP contribution is -2.42. The largest absolute Gasteiger partial charge is 0.478 e. The molecule has 0 amide bonds. The lowest BCUT2D eigenvalue weighted by atomic mass is 9.89. The van der Waals surface area contributed by atoms with Gasteiger partial charge in [0.1, 0.15) is 5.82 Å². The molecule has 0 bridgehead atoms. The van der Waals surface area contributed by atoms with E-state index in [1.165, 1.54) is 48.5 Å². The van der Waals surface area contributed by atoms with Crippen molar-refractivity contribution in [3.8, 4) is 0 Å². The first-order valence-electron chi connectivity index (χ1n) is 9.92. The van der Waals surface area contributed by atoms with Crippen LogP contribution in [-0.2, 0) is 14.8 Å². The summed E-state index contributed by atoms with van der Waals surface area (Å²) in [5.41, 5.74) is 0.759. The lowest BCUT2D eigenvalue weighted by molar-refractivity contribution is -0.133. The number of hydrogen-bond acceptors (Lipinski definition) is 3. The topological polar surface area (TPSA) is 74.7 Å². The van der Waals surface area contributed by atoms with E-state index in [4.69, 9.17) is 11.6 Å². The van der Waals surface area contributed by atoms with E-state index in [1.54, 1.807) is 18.2 Å². The highest BCUT2D eigenvalue weighted by molar-refractivity contribution is 9.10. The van der Waals surface area contributed by atoms with Gasteiger partial charge in [-0.3, -0.25) is 0 Å². The number of nitrogens with zero attached hydrogens (tertiary/aromatic N) is 1. The molecule has 33 heavy (non-hydrogen) atoms. The fraction of sp³-hybridized carbons (Fsp3) is 0.125. The minimum absolute atomic E-state index is 0.0417. The first-order valence-corrected chi connectivity index (χ1v) is 12.5. The molecule has 1 aliphatic rings. The van der Waals surface area contributed by atoms with Crippen molar-refractivity contribution in [3.05, 3.63) is 111 Å². The lowest BCUT2D eigenvalue weighted by Gasteiger charge is -2.40. The number of carboxylic acid groups (broad SMARTS) is 1. The SMILES string of the molecule is O=C(O)C1=CC[C@@H](c2cccc(Br)c2)N(S(=O)(=O)c2ccc(Cl)cc2)[C@H]1c1cccc(F)c1. The van der Waals surface area contributed by atoms with Gasteiger partial charge in [0.15, 0.2) is 0 Å². The van der Waals surface area contributed by atoms with Gasteiger partial charge in [-0.05, 0) is 66.1 Å². The summed E-state index contributed by atoms with van der Waals surface area (Å²) in [5.74, 6) is -1.86. The molecule has 3 aromatic rings. The van der Waals surface area contributed by atoms with Crippen molar-refractivity contribution in [2.24, 2.45) is 0 Å². The summed E-state index contributed by atoms with van der Waals surface area (Å²) >= 11 is 9.37. The maximum atomic E-state index is 14.2. The van der Waals surface area contributed by atoms with Gasteiger partial charge in [0.2, 0.25) is 10.0 Å². The van der Waals surface area contributed by atoms with Crippen molar-refractivity contribution in [1.29, 1.82) is 0 Å². The van der Waals surface area contributed by atoms with Crippen LogP contribution >= 0.6 is 27.5 Å². The summed E-state index contributed by atoms with van der Waals surface area (Å²) < 4.78 is 44.0. The van der Waals surface area contributed by atoms with Gasteiger partial charge >= 0.3 is 5.97 Å². The van der Waals surface area contributed by atoms with E-state index in [-0.39, 0.29) is 22.5 Å². The number of halogens is 3. The van der Waals surface area contributed by atoms with E-state index in [0.29, 0.717) is 10.6 Å². The highest BCUT2D eigenvalue weighted by atomic mass is 79.9. The van der Waals surface area contributed by atoms with Crippen molar-refractivity contribution in [2.75, 3.05) is 0 Å². The molecule has 0 aliphatic carbocycles. The Kier molecular flexibility index (Phi) is 6.72. The molecule has 0 spiro atoms. The van der Waals surface area contributed by atoms with Crippen molar-refractivity contribution < 1.29 is 22.7 Å². The van der Waals surface area contributed by atoms with Crippen LogP contribution in [0.5, 0.6) is 0 Å². The van der Waals surface area contributed by atoms with Crippen LogP contribution in [0.15, 0.2) is 93.8 Å². The van der Waals surface area contributed by atoms with Crippen molar-refractivity contribution in [2.45, 2.75) is 23.4 Å². The molecule has 1 heterocycles. The number of sulfonamides is 1. The molecule has 5 nitrogen and oxygen atoms in total. The predicted molar refractivity (Wildman–Crippen MR) is 127 cm³/mol. The second kappa shape index (κ2) is 9.38. The first kappa shape index (κ1) is 23.6. The van der Waals surface area contributed by atoms with Crippen LogP contribution in [0.3, 0.4) is 0 Å². The Bertz CT molecular complexity index is 1340. The second-order valence-electron chi connectivity index (χ2n) is 7.52. The molecule has 0 unspecified atom stereocenters. The Morgan fingerprint density at radius 3 is 2.33 bits per heavy atom. The van der Waals surface area contributed by atoms with Crippen LogP contribution in [0, 0.1) is 5.82 Å². The van der Waals surface area contributed by atoms with Gasteiger partial charge < -0.3 is 5.11 Å². The molecule has 170 valence electrons. The van der Waals surface area contributed by atoms with Crippen LogP contribution in [0.25, 0.3) is 0 Å². The molecule has 0 radical (unpaired) electrons. The van der Waals surface area contributed by atoms with Gasteiger partial charge in [-0.25, -0.2) is 17.6 Å². The number of carbonyl (C=O) groups is 1. The molecule has 2 atom stereocenters. The third-order valence-corrected chi connectivity index (χ3v) is 8.08.